The van der Waals surface area contributed by atoms with Crippen LogP contribution in [0, 0.1) is 5.82 Å². The lowest BCUT2D eigenvalue weighted by Gasteiger charge is -2.12. The van der Waals surface area contributed by atoms with E-state index in [4.69, 9.17) is 34.8 Å². The van der Waals surface area contributed by atoms with Crippen LogP contribution in [0.2, 0.25) is 15.1 Å². The Hall–Kier alpha value is -0.530. The highest BCUT2D eigenvalue weighted by Crippen LogP contribution is 2.35. The third-order valence-electron chi connectivity index (χ3n) is 2.40. The van der Waals surface area contributed by atoms with Gasteiger partial charge in [-0.3, -0.25) is 4.72 Å². The van der Waals surface area contributed by atoms with Crippen molar-refractivity contribution in [3.8, 4) is 0 Å². The van der Waals surface area contributed by atoms with Crippen molar-refractivity contribution in [2.45, 2.75) is 4.90 Å². The van der Waals surface area contributed by atoms with E-state index in [1.165, 1.54) is 18.2 Å². The highest BCUT2D eigenvalue weighted by Gasteiger charge is 2.23. The number of hydrogen-bond donors (Lipinski definition) is 1. The zero-order valence-corrected chi connectivity index (χ0v) is 14.7. The molecule has 0 spiro atoms. The van der Waals surface area contributed by atoms with Crippen LogP contribution < -0.4 is 4.72 Å². The van der Waals surface area contributed by atoms with Crippen LogP contribution in [-0.4, -0.2) is 8.42 Å². The van der Waals surface area contributed by atoms with E-state index in [1.807, 2.05) is 0 Å². The maximum Gasteiger partial charge on any atom is 0.264 e. The summed E-state index contributed by atoms with van der Waals surface area (Å²) in [6.07, 6.45) is 0. The zero-order valence-electron chi connectivity index (χ0n) is 10.0. The van der Waals surface area contributed by atoms with E-state index in [0.29, 0.717) is 4.47 Å². The summed E-state index contributed by atoms with van der Waals surface area (Å²) in [5.74, 6) is -0.634. The van der Waals surface area contributed by atoms with Gasteiger partial charge in [0, 0.05) is 4.47 Å². The molecule has 2 aromatic rings. The SMILES string of the molecule is O=S(=O)(Nc1cc(F)ccc1Cl)c1c(Cl)cc(Br)cc1Cl. The van der Waals surface area contributed by atoms with Crippen LogP contribution in [0.15, 0.2) is 39.7 Å². The first-order chi connectivity index (χ1) is 9.70. The van der Waals surface area contributed by atoms with Gasteiger partial charge in [0.25, 0.3) is 10.0 Å². The first-order valence-corrected chi connectivity index (χ1v) is 8.74. The van der Waals surface area contributed by atoms with Gasteiger partial charge in [0.05, 0.1) is 20.8 Å². The van der Waals surface area contributed by atoms with Gasteiger partial charge in [-0.25, -0.2) is 12.8 Å². The largest absolute Gasteiger partial charge is 0.278 e. The maximum atomic E-state index is 13.2. The minimum Gasteiger partial charge on any atom is -0.278 e. The first-order valence-electron chi connectivity index (χ1n) is 5.33. The fourth-order valence-electron chi connectivity index (χ4n) is 1.56. The predicted molar refractivity (Wildman–Crippen MR) is 86.4 cm³/mol. The Bertz CT molecular complexity index is 791. The van der Waals surface area contributed by atoms with Crippen molar-refractivity contribution in [1.82, 2.24) is 0 Å². The standard InChI is InChI=1S/C12H6BrCl3FNO2S/c13-6-3-9(15)12(10(16)4-6)21(19,20)18-11-5-7(17)1-2-8(11)14/h1-5,18H. The molecule has 0 atom stereocenters. The molecule has 112 valence electrons. The van der Waals surface area contributed by atoms with Crippen molar-refractivity contribution < 1.29 is 12.8 Å². The highest BCUT2D eigenvalue weighted by atomic mass is 79.9. The van der Waals surface area contributed by atoms with Gasteiger partial charge in [-0.1, -0.05) is 50.7 Å². The normalized spacial score (nSPS) is 11.5. The van der Waals surface area contributed by atoms with Crippen molar-refractivity contribution in [3.63, 3.8) is 0 Å². The molecule has 1 N–H and O–H groups in total. The summed E-state index contributed by atoms with van der Waals surface area (Å²) in [7, 11) is -4.12. The summed E-state index contributed by atoms with van der Waals surface area (Å²) >= 11 is 20.8. The maximum absolute atomic E-state index is 13.2. The number of benzene rings is 2. The minimum absolute atomic E-state index is 0.0457. The van der Waals surface area contributed by atoms with E-state index in [2.05, 4.69) is 20.7 Å². The fraction of sp³-hybridized carbons (Fsp3) is 0. The molecule has 0 fully saturated rings. The molecule has 0 unspecified atom stereocenters. The lowest BCUT2D eigenvalue weighted by molar-refractivity contribution is 0.601. The monoisotopic (exact) mass is 431 g/mol. The van der Waals surface area contributed by atoms with Crippen molar-refractivity contribution in [2.75, 3.05) is 4.72 Å². The van der Waals surface area contributed by atoms with Gasteiger partial charge in [0.1, 0.15) is 10.7 Å². The van der Waals surface area contributed by atoms with Crippen LogP contribution >= 0.6 is 50.7 Å². The van der Waals surface area contributed by atoms with Gasteiger partial charge in [-0.2, -0.15) is 0 Å². The number of sulfonamides is 1. The molecule has 0 saturated heterocycles. The smallest absolute Gasteiger partial charge is 0.264 e. The molecular formula is C12H6BrCl3FNO2S. The molecule has 2 rings (SSSR count). The Balaban J connectivity index is 2.51. The first kappa shape index (κ1) is 16.8. The number of rotatable bonds is 3. The van der Waals surface area contributed by atoms with Gasteiger partial charge in [0.15, 0.2) is 0 Å². The molecule has 0 aromatic heterocycles. The van der Waals surface area contributed by atoms with Gasteiger partial charge in [-0.05, 0) is 30.3 Å². The summed E-state index contributed by atoms with van der Waals surface area (Å²) in [5.41, 5.74) is -0.105. The average Bonchev–Trinajstić information content (AvgIpc) is 2.31. The topological polar surface area (TPSA) is 46.2 Å². The average molecular weight is 434 g/mol. The van der Waals surface area contributed by atoms with Crippen molar-refractivity contribution in [2.24, 2.45) is 0 Å². The van der Waals surface area contributed by atoms with Gasteiger partial charge < -0.3 is 0 Å². The van der Waals surface area contributed by atoms with Gasteiger partial charge in [-0.15, -0.1) is 0 Å². The molecule has 0 amide bonds. The predicted octanol–water partition coefficient (Wildman–Crippen LogP) is 5.35. The molecule has 21 heavy (non-hydrogen) atoms. The molecule has 0 radical (unpaired) electrons. The molecule has 3 nitrogen and oxygen atoms in total. The van der Waals surface area contributed by atoms with E-state index in [-0.39, 0.29) is 25.7 Å². The number of nitrogens with one attached hydrogen (secondary N) is 1. The number of hydrogen-bond acceptors (Lipinski definition) is 2. The van der Waals surface area contributed by atoms with Crippen molar-refractivity contribution in [1.29, 1.82) is 0 Å². The van der Waals surface area contributed by atoms with Crippen LogP contribution in [0.25, 0.3) is 0 Å². The molecule has 0 aliphatic heterocycles. The van der Waals surface area contributed by atoms with Crippen LogP contribution in [0.1, 0.15) is 0 Å². The molecule has 0 aliphatic carbocycles. The molecule has 0 heterocycles. The third-order valence-corrected chi connectivity index (χ3v) is 5.48. The second-order valence-electron chi connectivity index (χ2n) is 3.93. The lowest BCUT2D eigenvalue weighted by atomic mass is 10.3. The second kappa shape index (κ2) is 6.30. The van der Waals surface area contributed by atoms with Crippen LogP contribution in [0.3, 0.4) is 0 Å². The second-order valence-corrected chi connectivity index (χ2v) is 7.68. The molecule has 0 saturated carbocycles. The molecule has 9 heteroatoms. The van der Waals surface area contributed by atoms with E-state index in [9.17, 15) is 12.8 Å². The molecule has 0 bridgehead atoms. The summed E-state index contributed by atoms with van der Waals surface area (Å²) in [4.78, 5) is -0.311. The highest BCUT2D eigenvalue weighted by molar-refractivity contribution is 9.10. The van der Waals surface area contributed by atoms with Crippen LogP contribution in [0.4, 0.5) is 10.1 Å². The minimum atomic E-state index is -4.12. The van der Waals surface area contributed by atoms with Crippen molar-refractivity contribution in [3.05, 3.63) is 55.7 Å². The summed E-state index contributed by atoms with van der Waals surface area (Å²) < 4.78 is 40.6. The third kappa shape index (κ3) is 3.81. The molecule has 0 aliphatic rings. The Labute approximate surface area is 144 Å². The van der Waals surface area contributed by atoms with Crippen LogP contribution in [0.5, 0.6) is 0 Å². The Morgan fingerprint density at radius 3 is 2.14 bits per heavy atom. The lowest BCUT2D eigenvalue weighted by Crippen LogP contribution is -2.14. The Morgan fingerprint density at radius 2 is 1.57 bits per heavy atom. The van der Waals surface area contributed by atoms with E-state index >= 15 is 0 Å². The molecular weight excluding hydrogens is 427 g/mol. The van der Waals surface area contributed by atoms with Crippen LogP contribution in [-0.2, 0) is 10.0 Å². The summed E-state index contributed by atoms with van der Waals surface area (Å²) in [6, 6.07) is 6.07. The fourth-order valence-corrected chi connectivity index (χ4v) is 4.79. The van der Waals surface area contributed by atoms with E-state index in [1.54, 1.807) is 0 Å². The van der Waals surface area contributed by atoms with Crippen molar-refractivity contribution >= 4 is 66.4 Å². The van der Waals surface area contributed by atoms with Gasteiger partial charge in [0.2, 0.25) is 0 Å². The molecule has 2 aromatic carbocycles. The van der Waals surface area contributed by atoms with E-state index in [0.717, 1.165) is 12.1 Å². The number of anilines is 1. The van der Waals surface area contributed by atoms with Gasteiger partial charge >= 0.3 is 0 Å². The Morgan fingerprint density at radius 1 is 1.00 bits per heavy atom. The summed E-state index contributed by atoms with van der Waals surface area (Å²) in [6.45, 7) is 0. The van der Waals surface area contributed by atoms with E-state index < -0.39 is 15.8 Å². The summed E-state index contributed by atoms with van der Waals surface area (Å²) in [5, 5.41) is -0.104. The zero-order chi connectivity index (χ0) is 15.8. The Kier molecular flexibility index (Phi) is 5.05. The quantitative estimate of drug-likeness (QED) is 0.709. The number of halogens is 5.